The van der Waals surface area contributed by atoms with Crippen molar-refractivity contribution in [3.05, 3.63) is 0 Å². The highest BCUT2D eigenvalue weighted by Crippen LogP contribution is 2.16. The Morgan fingerprint density at radius 3 is 0.951 bits per heavy atom. The molecule has 5 nitrogen and oxygen atoms in total. The van der Waals surface area contributed by atoms with Crippen molar-refractivity contribution < 1.29 is 24.5 Å². The van der Waals surface area contributed by atoms with Crippen LogP contribution in [0.15, 0.2) is 0 Å². The summed E-state index contributed by atoms with van der Waals surface area (Å²) >= 11 is 0. The number of rotatable bonds is 32. The summed E-state index contributed by atoms with van der Waals surface area (Å²) in [6.07, 6.45) is 31.9. The van der Waals surface area contributed by atoms with Gasteiger partial charge in [-0.15, -0.1) is 0 Å². The minimum atomic E-state index is -0.366. The smallest absolute Gasteiger partial charge is 0.313 e. The van der Waals surface area contributed by atoms with Crippen molar-refractivity contribution in [1.82, 2.24) is 0 Å². The van der Waals surface area contributed by atoms with E-state index in [-0.39, 0.29) is 24.1 Å². The van der Waals surface area contributed by atoms with Gasteiger partial charge in [0.2, 0.25) is 0 Å². The van der Waals surface area contributed by atoms with E-state index in [0.717, 1.165) is 89.9 Å². The molecule has 2 N–H and O–H groups in total. The van der Waals surface area contributed by atoms with Gasteiger partial charge in [-0.3, -0.25) is 9.59 Å². The molecule has 0 heterocycles. The van der Waals surface area contributed by atoms with E-state index in [0.29, 0.717) is 12.8 Å². The van der Waals surface area contributed by atoms with Crippen LogP contribution in [0.5, 0.6) is 0 Å². The van der Waals surface area contributed by atoms with Gasteiger partial charge in [0.15, 0.2) is 0 Å². The number of hydrogen-bond donors (Lipinski definition) is 2. The minimum Gasteiger partial charge on any atom is -0.393 e. The minimum absolute atomic E-state index is 0.111. The molecule has 0 aromatic carbocycles. The van der Waals surface area contributed by atoms with Crippen LogP contribution in [0, 0.1) is 0 Å². The van der Waals surface area contributed by atoms with Gasteiger partial charge >= 0.3 is 11.9 Å². The van der Waals surface area contributed by atoms with Crippen molar-refractivity contribution in [3.8, 4) is 0 Å². The Bertz CT molecular complexity index is 516. The zero-order valence-electron chi connectivity index (χ0n) is 27.5. The van der Waals surface area contributed by atoms with Gasteiger partial charge < -0.3 is 14.9 Å². The van der Waals surface area contributed by atoms with E-state index in [1.807, 2.05) is 0 Å². The van der Waals surface area contributed by atoms with Crippen molar-refractivity contribution in [2.24, 2.45) is 0 Å². The first-order chi connectivity index (χ1) is 20.0. The molecule has 0 spiro atoms. The van der Waals surface area contributed by atoms with E-state index in [9.17, 15) is 19.8 Å². The highest BCUT2D eigenvalue weighted by atomic mass is 16.6. The molecule has 0 aliphatic carbocycles. The van der Waals surface area contributed by atoms with Crippen molar-refractivity contribution in [2.45, 2.75) is 219 Å². The molecule has 2 unspecified atom stereocenters. The number of esters is 2. The first kappa shape index (κ1) is 40.1. The molecule has 0 amide bonds. The summed E-state index contributed by atoms with van der Waals surface area (Å²) in [6, 6.07) is 0. The Kier molecular flexibility index (Phi) is 31.3. The Morgan fingerprint density at radius 2 is 0.659 bits per heavy atom. The van der Waals surface area contributed by atoms with Crippen molar-refractivity contribution in [3.63, 3.8) is 0 Å². The number of unbranched alkanes of at least 4 members (excludes halogenated alkanes) is 20. The largest absolute Gasteiger partial charge is 0.393 e. The number of aliphatic hydroxyl groups is 2. The van der Waals surface area contributed by atoms with E-state index in [1.165, 1.54) is 89.9 Å². The monoisotopic (exact) mass is 583 g/mol. The van der Waals surface area contributed by atoms with Gasteiger partial charge in [-0.25, -0.2) is 0 Å². The number of carbonyl (C=O) groups is 2. The van der Waals surface area contributed by atoms with Gasteiger partial charge in [-0.1, -0.05) is 155 Å². The molecule has 0 aromatic heterocycles. The summed E-state index contributed by atoms with van der Waals surface area (Å²) in [5, 5.41) is 20.0. The Morgan fingerprint density at radius 1 is 0.415 bits per heavy atom. The maximum Gasteiger partial charge on any atom is 0.313 e. The van der Waals surface area contributed by atoms with Crippen LogP contribution in [0.25, 0.3) is 0 Å². The summed E-state index contributed by atoms with van der Waals surface area (Å²) in [6.45, 7) is 4.43. The Hall–Kier alpha value is -0.940. The lowest BCUT2D eigenvalue weighted by atomic mass is 10.0. The van der Waals surface area contributed by atoms with Crippen LogP contribution in [0.4, 0.5) is 0 Å². The lowest BCUT2D eigenvalue weighted by Gasteiger charge is -2.10. The Balaban J connectivity index is 3.38. The van der Waals surface area contributed by atoms with Crippen LogP contribution >= 0.6 is 0 Å². The summed E-state index contributed by atoms with van der Waals surface area (Å²) in [5.41, 5.74) is 0. The summed E-state index contributed by atoms with van der Waals surface area (Å²) in [4.78, 5) is 23.8. The molecule has 0 rings (SSSR count). The normalized spacial score (nSPS) is 12.9. The molecule has 0 saturated heterocycles. The molecule has 0 radical (unpaired) electrons. The molecule has 0 bridgehead atoms. The number of hydrogen-bond acceptors (Lipinski definition) is 5. The topological polar surface area (TPSA) is 83.8 Å². The van der Waals surface area contributed by atoms with E-state index in [1.54, 1.807) is 0 Å². The average molecular weight is 583 g/mol. The highest BCUT2D eigenvalue weighted by molar-refractivity contribution is 5.85. The first-order valence-electron chi connectivity index (χ1n) is 18.1. The molecule has 0 aromatic rings. The SMILES string of the molecule is CCCCCCC(O)CCCCCCCCCCC(=O)OC(=O)CCCCCCCCCCC(O)CCCCCC. The summed E-state index contributed by atoms with van der Waals surface area (Å²) in [7, 11) is 0. The Labute approximate surface area is 255 Å². The van der Waals surface area contributed by atoms with Crippen molar-refractivity contribution in [2.75, 3.05) is 0 Å². The average Bonchev–Trinajstić information content (AvgIpc) is 2.95. The molecule has 2 atom stereocenters. The van der Waals surface area contributed by atoms with Crippen molar-refractivity contribution >= 4 is 11.9 Å². The predicted molar refractivity (Wildman–Crippen MR) is 173 cm³/mol. The number of aliphatic hydroxyl groups excluding tert-OH is 2. The van der Waals surface area contributed by atoms with Crippen LogP contribution < -0.4 is 0 Å². The van der Waals surface area contributed by atoms with Crippen LogP contribution in [0.2, 0.25) is 0 Å². The fourth-order valence-electron chi connectivity index (χ4n) is 5.55. The molecule has 244 valence electrons. The van der Waals surface area contributed by atoms with E-state index >= 15 is 0 Å². The third kappa shape index (κ3) is 31.8. The van der Waals surface area contributed by atoms with E-state index in [4.69, 9.17) is 4.74 Å². The summed E-state index contributed by atoms with van der Waals surface area (Å²) in [5.74, 6) is -0.733. The first-order valence-corrected chi connectivity index (χ1v) is 18.1. The van der Waals surface area contributed by atoms with Gasteiger partial charge in [-0.05, 0) is 38.5 Å². The molecule has 5 heteroatoms. The van der Waals surface area contributed by atoms with Crippen LogP contribution in [0.1, 0.15) is 206 Å². The molecule has 0 saturated carbocycles. The molecular weight excluding hydrogens is 512 g/mol. The fourth-order valence-corrected chi connectivity index (χ4v) is 5.55. The lowest BCUT2D eigenvalue weighted by molar-refractivity contribution is -0.159. The number of carbonyl (C=O) groups excluding carboxylic acids is 2. The van der Waals surface area contributed by atoms with E-state index < -0.39 is 0 Å². The zero-order chi connectivity index (χ0) is 30.2. The predicted octanol–water partition coefficient (Wildman–Crippen LogP) is 10.5. The third-order valence-corrected chi connectivity index (χ3v) is 8.35. The van der Waals surface area contributed by atoms with Gasteiger partial charge in [0, 0.05) is 12.8 Å². The maximum absolute atomic E-state index is 11.9. The molecular formula is C36H70O5. The van der Waals surface area contributed by atoms with Gasteiger partial charge in [0.05, 0.1) is 12.2 Å². The lowest BCUT2D eigenvalue weighted by Crippen LogP contribution is -2.11. The molecule has 0 fully saturated rings. The van der Waals surface area contributed by atoms with E-state index in [2.05, 4.69) is 13.8 Å². The standard InChI is InChI=1S/C36H70O5/c1-3-5-7-21-27-33(37)29-23-17-13-9-11-15-19-25-31-35(39)41-36(40)32-26-20-16-12-10-14-18-24-30-34(38)28-22-8-6-4-2/h33-34,37-38H,3-32H2,1-2H3. The second kappa shape index (κ2) is 32.0. The van der Waals surface area contributed by atoms with Gasteiger partial charge in [0.1, 0.15) is 0 Å². The number of ether oxygens (including phenoxy) is 1. The van der Waals surface area contributed by atoms with Gasteiger partial charge in [0.25, 0.3) is 0 Å². The second-order valence-corrected chi connectivity index (χ2v) is 12.6. The van der Waals surface area contributed by atoms with Crippen LogP contribution in [-0.4, -0.2) is 34.4 Å². The maximum atomic E-state index is 11.9. The quantitative estimate of drug-likeness (QED) is 0.0468. The third-order valence-electron chi connectivity index (χ3n) is 8.35. The fraction of sp³-hybridized carbons (Fsp3) is 0.944. The molecule has 41 heavy (non-hydrogen) atoms. The second-order valence-electron chi connectivity index (χ2n) is 12.6. The van der Waals surface area contributed by atoms with Gasteiger partial charge in [-0.2, -0.15) is 0 Å². The van der Waals surface area contributed by atoms with Crippen molar-refractivity contribution in [1.29, 1.82) is 0 Å². The summed E-state index contributed by atoms with van der Waals surface area (Å²) < 4.78 is 4.99. The zero-order valence-corrected chi connectivity index (χ0v) is 27.5. The highest BCUT2D eigenvalue weighted by Gasteiger charge is 2.10. The van der Waals surface area contributed by atoms with Crippen LogP contribution in [0.3, 0.4) is 0 Å². The molecule has 0 aliphatic rings. The van der Waals surface area contributed by atoms with Crippen LogP contribution in [-0.2, 0) is 14.3 Å². The molecule has 0 aliphatic heterocycles.